The van der Waals surface area contributed by atoms with E-state index in [9.17, 15) is 0 Å². The van der Waals surface area contributed by atoms with Crippen LogP contribution in [0.25, 0.3) is 0 Å². The second-order valence-electron chi connectivity index (χ2n) is 36.6. The second kappa shape index (κ2) is 37.2. The van der Waals surface area contributed by atoms with E-state index in [4.69, 9.17) is 0 Å². The fourth-order valence-electron chi connectivity index (χ4n) is 17.4. The Morgan fingerprint density at radius 2 is 0.744 bits per heavy atom. The van der Waals surface area contributed by atoms with Crippen molar-refractivity contribution < 1.29 is 0 Å². The molecule has 12 unspecified atom stereocenters. The maximum absolute atomic E-state index is 2.48. The maximum atomic E-state index is 2.48. The standard InChI is InChI=1S/C9H16.C9H18.8C8H16/c1-7-5-8-3-4-9(7,2)6-8;1-7-5-4-6-8(2)9(7)3;1-6-4-7(2)8(3)5-6;1-6(2)8-4-7(3)5-8;1-7-4-5-8(2,3)6-7;1-8(2,3)7-5-4-6-7;2*1-6-4-5-7(2)8(6)3;1-5-6(2)8(4)7(5)3;1-3-7(2)8-5-4-6-8/h7-8H,3-6H2,1-2H3;7-9H,4-6H2,1-3H3;2*6-8H,4-5H2,1-3H3;2*7H,4-6H2,1-3H3;2*6-8H,4-5H2,1-3H3;5-8H,1-4H3;7-8H,3-6H2,1-2H3/t7-,8?,9?;;6?,7-,8?;;;;;;;/m0.0......./s1. The van der Waals surface area contributed by atoms with Gasteiger partial charge in [-0.1, -0.05) is 284 Å². The molecular weight excluding hydrogens is 985 g/mol. The normalized spacial score (nSPS) is 42.3. The van der Waals surface area contributed by atoms with Crippen LogP contribution in [0.4, 0.5) is 0 Å². The molecule has 11 aliphatic carbocycles. The fourth-order valence-corrected chi connectivity index (χ4v) is 17.4. The highest BCUT2D eigenvalue weighted by molar-refractivity contribution is 4.97. The van der Waals surface area contributed by atoms with Gasteiger partial charge in [-0.05, 0) is 241 Å². The van der Waals surface area contributed by atoms with E-state index in [0.717, 1.165) is 153 Å². The highest BCUT2D eigenvalue weighted by Gasteiger charge is 2.46. The molecule has 0 saturated heterocycles. The molecular formula is C82H162. The van der Waals surface area contributed by atoms with Gasteiger partial charge in [-0.2, -0.15) is 0 Å². The van der Waals surface area contributed by atoms with Crippen LogP contribution in [-0.4, -0.2) is 0 Å². The molecule has 0 aromatic carbocycles. The molecule has 11 saturated carbocycles. The van der Waals surface area contributed by atoms with Gasteiger partial charge < -0.3 is 0 Å². The Kier molecular flexibility index (Phi) is 35.5. The van der Waals surface area contributed by atoms with E-state index in [-0.39, 0.29) is 0 Å². The van der Waals surface area contributed by atoms with Crippen LogP contribution < -0.4 is 0 Å². The van der Waals surface area contributed by atoms with Gasteiger partial charge in [-0.3, -0.25) is 0 Å². The summed E-state index contributed by atoms with van der Waals surface area (Å²) in [5, 5.41) is 0. The summed E-state index contributed by atoms with van der Waals surface area (Å²) < 4.78 is 0. The summed E-state index contributed by atoms with van der Waals surface area (Å²) in [5.74, 6) is 25.0. The van der Waals surface area contributed by atoms with Crippen molar-refractivity contribution in [1.82, 2.24) is 0 Å². The van der Waals surface area contributed by atoms with Gasteiger partial charge in [0.05, 0.1) is 0 Å². The lowest BCUT2D eigenvalue weighted by molar-refractivity contribution is 0.0302. The van der Waals surface area contributed by atoms with Gasteiger partial charge in [0.15, 0.2) is 0 Å². The Labute approximate surface area is 522 Å². The Morgan fingerprint density at radius 1 is 0.366 bits per heavy atom. The lowest BCUT2D eigenvalue weighted by atomic mass is 9.60. The first kappa shape index (κ1) is 78.1. The zero-order chi connectivity index (χ0) is 62.6. The Morgan fingerprint density at radius 3 is 0.878 bits per heavy atom. The van der Waals surface area contributed by atoms with E-state index in [1.54, 1.807) is 0 Å². The molecule has 0 aromatic rings. The number of hydrogen-bond acceptors (Lipinski definition) is 0. The van der Waals surface area contributed by atoms with Crippen LogP contribution in [0.2, 0.25) is 0 Å². The maximum Gasteiger partial charge on any atom is -0.0297 e. The van der Waals surface area contributed by atoms with Crippen LogP contribution in [0.1, 0.15) is 361 Å². The molecule has 14 atom stereocenters. The van der Waals surface area contributed by atoms with Gasteiger partial charge in [-0.15, -0.1) is 0 Å². The van der Waals surface area contributed by atoms with E-state index < -0.39 is 0 Å². The van der Waals surface area contributed by atoms with Crippen molar-refractivity contribution in [2.75, 3.05) is 0 Å². The van der Waals surface area contributed by atoms with Crippen molar-refractivity contribution in [2.24, 2.45) is 164 Å². The first-order chi connectivity index (χ1) is 37.9. The summed E-state index contributed by atoms with van der Waals surface area (Å²) in [4.78, 5) is 0. The fraction of sp³-hybridized carbons (Fsp3) is 1.00. The van der Waals surface area contributed by atoms with Gasteiger partial charge >= 0.3 is 0 Å². The van der Waals surface area contributed by atoms with Crippen LogP contribution in [0.5, 0.6) is 0 Å². The molecule has 0 aromatic heterocycles. The number of rotatable bonds is 3. The van der Waals surface area contributed by atoms with Crippen LogP contribution in [-0.2, 0) is 0 Å². The smallest absolute Gasteiger partial charge is 0.0297 e. The summed E-state index contributed by atoms with van der Waals surface area (Å²) in [6.45, 7) is 68.6. The predicted molar refractivity (Wildman–Crippen MR) is 375 cm³/mol. The molecule has 0 heterocycles. The third-order valence-electron chi connectivity index (χ3n) is 27.9. The SMILES string of the molecule is CC(C)(C)C1CCC1.CC1C(C)C(C)C1C.CC1CC(C(C)C)C1.CC1CC(C)[C@@H](C)C1.CC1CCC(C)(C)C1.CC1CCC(C)C1C.CC1CCC(C)C1C.CC1CCCC(C)C1C.CCC(C)C1CCC1.C[C@H]1CC2CCC1(C)C2. The van der Waals surface area contributed by atoms with Gasteiger partial charge in [0, 0.05) is 0 Å². The van der Waals surface area contributed by atoms with Gasteiger partial charge in [0.1, 0.15) is 0 Å². The molecule has 0 nitrogen and oxygen atoms in total. The summed E-state index contributed by atoms with van der Waals surface area (Å²) >= 11 is 0. The van der Waals surface area contributed by atoms with E-state index in [0.29, 0.717) is 10.8 Å². The molecule has 2 bridgehead atoms. The molecule has 0 N–H and O–H groups in total. The van der Waals surface area contributed by atoms with Crippen LogP contribution in [0.15, 0.2) is 0 Å². The first-order valence-corrected chi connectivity index (χ1v) is 37.9. The quantitative estimate of drug-likeness (QED) is 0.264. The zero-order valence-corrected chi connectivity index (χ0v) is 62.6. The Balaban J connectivity index is 0.000000311. The zero-order valence-electron chi connectivity index (χ0n) is 62.6. The van der Waals surface area contributed by atoms with Crippen molar-refractivity contribution in [2.45, 2.75) is 361 Å². The van der Waals surface area contributed by atoms with E-state index in [1.807, 2.05) is 0 Å². The van der Waals surface area contributed by atoms with Crippen molar-refractivity contribution in [1.29, 1.82) is 0 Å². The number of hydrogen-bond donors (Lipinski definition) is 0. The molecule has 0 amide bonds. The van der Waals surface area contributed by atoms with E-state index in [2.05, 4.69) is 201 Å². The molecule has 11 rings (SSSR count). The highest BCUT2D eigenvalue weighted by Crippen LogP contribution is 2.57. The van der Waals surface area contributed by atoms with Crippen LogP contribution in [0, 0.1) is 164 Å². The summed E-state index contributed by atoms with van der Waals surface area (Å²) in [7, 11) is 0. The summed E-state index contributed by atoms with van der Waals surface area (Å²) in [6, 6.07) is 0. The topological polar surface area (TPSA) is 0 Å². The van der Waals surface area contributed by atoms with Crippen molar-refractivity contribution in [3.63, 3.8) is 0 Å². The van der Waals surface area contributed by atoms with E-state index in [1.165, 1.54) is 161 Å². The minimum atomic E-state index is 0.595. The van der Waals surface area contributed by atoms with Crippen molar-refractivity contribution >= 4 is 0 Å². The Bertz CT molecular complexity index is 1480. The van der Waals surface area contributed by atoms with Gasteiger partial charge in [0.25, 0.3) is 0 Å². The third-order valence-corrected chi connectivity index (χ3v) is 27.9. The molecule has 0 radical (unpaired) electrons. The second-order valence-corrected chi connectivity index (χ2v) is 36.6. The minimum absolute atomic E-state index is 0.595. The average molecular weight is 1150 g/mol. The molecule has 0 heteroatoms. The van der Waals surface area contributed by atoms with Gasteiger partial charge in [0.2, 0.25) is 0 Å². The first-order valence-electron chi connectivity index (χ1n) is 37.9. The van der Waals surface area contributed by atoms with Crippen molar-refractivity contribution in [3.8, 4) is 0 Å². The molecule has 82 heavy (non-hydrogen) atoms. The van der Waals surface area contributed by atoms with Crippen LogP contribution >= 0.6 is 0 Å². The summed E-state index contributed by atoms with van der Waals surface area (Å²) in [5.41, 5.74) is 2.03. The minimum Gasteiger partial charge on any atom is -0.0651 e. The molecule has 490 valence electrons. The van der Waals surface area contributed by atoms with E-state index >= 15 is 0 Å². The summed E-state index contributed by atoms with van der Waals surface area (Å²) in [6.07, 6.45) is 36.9. The van der Waals surface area contributed by atoms with Crippen molar-refractivity contribution in [3.05, 3.63) is 0 Å². The highest BCUT2D eigenvalue weighted by atomic mass is 14.5. The lowest BCUT2D eigenvalue weighted by Gasteiger charge is -2.45. The lowest BCUT2D eigenvalue weighted by Crippen LogP contribution is -2.39. The number of fused-ring (bicyclic) bond motifs is 2. The largest absolute Gasteiger partial charge is 0.0651 e. The molecule has 0 aliphatic heterocycles. The predicted octanol–water partition coefficient (Wildman–Crippen LogP) is 27.7. The van der Waals surface area contributed by atoms with Gasteiger partial charge in [-0.25, -0.2) is 0 Å². The third kappa shape index (κ3) is 27.0. The molecule has 11 fully saturated rings. The average Bonchev–Trinajstić information content (AvgIpc) is 4.40. The molecule has 11 aliphatic rings. The monoisotopic (exact) mass is 1150 g/mol. The molecule has 0 spiro atoms. The van der Waals surface area contributed by atoms with Crippen LogP contribution in [0.3, 0.4) is 0 Å². The Hall–Kier alpha value is 0.